The Balaban J connectivity index is 1.42. The van der Waals surface area contributed by atoms with Gasteiger partial charge in [-0.1, -0.05) is 30.3 Å². The first-order valence-electron chi connectivity index (χ1n) is 10.5. The minimum atomic E-state index is -0.463. The normalized spacial score (nSPS) is 11.0. The first-order valence-corrected chi connectivity index (χ1v) is 11.3. The third kappa shape index (κ3) is 5.57. The Morgan fingerprint density at radius 3 is 2.65 bits per heavy atom. The van der Waals surface area contributed by atoms with Crippen LogP contribution in [0.2, 0.25) is 0 Å². The molecule has 1 aromatic heterocycles. The highest BCUT2D eigenvalue weighted by atomic mass is 32.1. The van der Waals surface area contributed by atoms with Crippen molar-refractivity contribution in [2.24, 2.45) is 5.10 Å². The molecule has 0 aliphatic rings. The molecule has 1 amide bonds. The molecule has 8 nitrogen and oxygen atoms in total. The molecule has 4 aromatic rings. The van der Waals surface area contributed by atoms with Gasteiger partial charge < -0.3 is 9.47 Å². The average Bonchev–Trinajstić information content (AvgIpc) is 3.28. The minimum Gasteiger partial charge on any atom is -0.490 e. The molecule has 172 valence electrons. The number of amides is 1. The van der Waals surface area contributed by atoms with Crippen molar-refractivity contribution in [2.45, 2.75) is 13.5 Å². The zero-order valence-corrected chi connectivity index (χ0v) is 19.1. The Hall–Kier alpha value is -4.24. The second-order valence-electron chi connectivity index (χ2n) is 7.20. The fourth-order valence-electron chi connectivity index (χ4n) is 3.20. The molecule has 0 spiro atoms. The summed E-state index contributed by atoms with van der Waals surface area (Å²) in [6, 6.07) is 21.4. The van der Waals surface area contributed by atoms with Gasteiger partial charge in [0.05, 0.1) is 22.6 Å². The number of ether oxygens (including phenoxy) is 2. The molecule has 4 rings (SSSR count). The van der Waals surface area contributed by atoms with Crippen LogP contribution in [0.15, 0.2) is 77.9 Å². The van der Waals surface area contributed by atoms with Crippen LogP contribution in [-0.4, -0.2) is 23.7 Å². The lowest BCUT2D eigenvalue weighted by molar-refractivity contribution is -0.384. The van der Waals surface area contributed by atoms with Crippen molar-refractivity contribution in [1.29, 1.82) is 0 Å². The number of nitrogens with zero attached hydrogens (tertiary/aromatic N) is 2. The number of nitrogens with one attached hydrogen (secondary N) is 1. The van der Waals surface area contributed by atoms with Gasteiger partial charge in [-0.25, -0.2) is 5.43 Å². The lowest BCUT2D eigenvalue weighted by Gasteiger charge is -2.12. The van der Waals surface area contributed by atoms with E-state index in [4.69, 9.17) is 9.47 Å². The van der Waals surface area contributed by atoms with Crippen molar-refractivity contribution in [3.05, 3.63) is 98.9 Å². The van der Waals surface area contributed by atoms with E-state index < -0.39 is 10.8 Å². The lowest BCUT2D eigenvalue weighted by Crippen LogP contribution is -2.16. The minimum absolute atomic E-state index is 0.0171. The third-order valence-corrected chi connectivity index (χ3v) is 5.93. The first-order chi connectivity index (χ1) is 16.5. The largest absolute Gasteiger partial charge is 0.490 e. The van der Waals surface area contributed by atoms with Crippen LogP contribution < -0.4 is 14.9 Å². The first kappa shape index (κ1) is 22.9. The van der Waals surface area contributed by atoms with Gasteiger partial charge in [0.25, 0.3) is 11.6 Å². The summed E-state index contributed by atoms with van der Waals surface area (Å²) in [6.45, 7) is 2.79. The molecule has 1 heterocycles. The van der Waals surface area contributed by atoms with Gasteiger partial charge in [0.1, 0.15) is 6.61 Å². The predicted molar refractivity (Wildman–Crippen MR) is 132 cm³/mol. The van der Waals surface area contributed by atoms with E-state index in [0.717, 1.165) is 15.8 Å². The van der Waals surface area contributed by atoms with Crippen LogP contribution in [0.5, 0.6) is 11.5 Å². The zero-order valence-electron chi connectivity index (χ0n) is 18.3. The quantitative estimate of drug-likeness (QED) is 0.194. The van der Waals surface area contributed by atoms with Crippen molar-refractivity contribution < 1.29 is 19.2 Å². The monoisotopic (exact) mass is 475 g/mol. The maximum atomic E-state index is 12.5. The maximum absolute atomic E-state index is 12.5. The molecule has 34 heavy (non-hydrogen) atoms. The molecule has 0 fully saturated rings. The van der Waals surface area contributed by atoms with Gasteiger partial charge in [0.2, 0.25) is 0 Å². The lowest BCUT2D eigenvalue weighted by atomic mass is 10.2. The molecule has 0 unspecified atom stereocenters. The average molecular weight is 476 g/mol. The Labute approximate surface area is 199 Å². The van der Waals surface area contributed by atoms with Crippen LogP contribution in [0, 0.1) is 10.1 Å². The van der Waals surface area contributed by atoms with Gasteiger partial charge in [0.15, 0.2) is 11.5 Å². The number of benzene rings is 3. The highest BCUT2D eigenvalue weighted by Gasteiger charge is 2.13. The Morgan fingerprint density at radius 2 is 1.88 bits per heavy atom. The smallest absolute Gasteiger partial charge is 0.281 e. The number of hydrogen-bond donors (Lipinski definition) is 1. The van der Waals surface area contributed by atoms with E-state index in [1.54, 1.807) is 24.3 Å². The van der Waals surface area contributed by atoms with Crippen molar-refractivity contribution in [2.75, 3.05) is 6.61 Å². The van der Waals surface area contributed by atoms with Crippen molar-refractivity contribution in [1.82, 2.24) is 5.43 Å². The van der Waals surface area contributed by atoms with Crippen LogP contribution in [0.4, 0.5) is 5.69 Å². The van der Waals surface area contributed by atoms with E-state index in [1.807, 2.05) is 43.3 Å². The third-order valence-electron chi connectivity index (χ3n) is 4.82. The summed E-state index contributed by atoms with van der Waals surface area (Å²) in [5, 5.41) is 15.6. The number of hydrazone groups is 1. The molecular weight excluding hydrogens is 454 g/mol. The molecule has 1 N–H and O–H groups in total. The molecule has 3 aromatic carbocycles. The molecular formula is C25H21N3O5S. The van der Waals surface area contributed by atoms with Gasteiger partial charge in [-0.05, 0) is 48.4 Å². The molecule has 0 aliphatic heterocycles. The van der Waals surface area contributed by atoms with E-state index in [-0.39, 0.29) is 5.69 Å². The maximum Gasteiger partial charge on any atom is 0.281 e. The van der Waals surface area contributed by atoms with Crippen molar-refractivity contribution in [3.63, 3.8) is 0 Å². The summed E-state index contributed by atoms with van der Waals surface area (Å²) < 4.78 is 12.4. The molecule has 0 radical (unpaired) electrons. The van der Waals surface area contributed by atoms with Crippen LogP contribution in [-0.2, 0) is 6.61 Å². The highest BCUT2D eigenvalue weighted by Crippen LogP contribution is 2.30. The number of rotatable bonds is 9. The topological polar surface area (TPSA) is 103 Å². The number of carbonyl (C=O) groups excluding carboxylic acids is 1. The van der Waals surface area contributed by atoms with E-state index >= 15 is 0 Å². The number of thiophene rings is 1. The summed E-state index contributed by atoms with van der Waals surface area (Å²) in [7, 11) is 0. The van der Waals surface area contributed by atoms with Gasteiger partial charge in [0, 0.05) is 22.2 Å². The Bertz CT molecular complexity index is 1350. The fourth-order valence-corrected chi connectivity index (χ4v) is 4.14. The van der Waals surface area contributed by atoms with E-state index in [9.17, 15) is 14.9 Å². The summed E-state index contributed by atoms with van der Waals surface area (Å²) in [5.74, 6) is 0.805. The predicted octanol–water partition coefficient (Wildman–Crippen LogP) is 5.55. The molecule has 9 heteroatoms. The second-order valence-corrected chi connectivity index (χ2v) is 8.29. The van der Waals surface area contributed by atoms with Gasteiger partial charge in [-0.2, -0.15) is 5.10 Å². The van der Waals surface area contributed by atoms with Gasteiger partial charge in [-0.15, -0.1) is 11.3 Å². The molecule has 0 bridgehead atoms. The molecule has 0 atom stereocenters. The van der Waals surface area contributed by atoms with Crippen LogP contribution in [0.3, 0.4) is 0 Å². The number of carbonyl (C=O) groups is 1. The molecule has 0 aliphatic carbocycles. The van der Waals surface area contributed by atoms with Crippen LogP contribution >= 0.6 is 11.3 Å². The summed E-state index contributed by atoms with van der Waals surface area (Å²) in [6.07, 6.45) is 1.51. The highest BCUT2D eigenvalue weighted by molar-refractivity contribution is 7.20. The van der Waals surface area contributed by atoms with Crippen LogP contribution in [0.1, 0.15) is 27.7 Å². The second kappa shape index (κ2) is 10.6. The number of hydrogen-bond acceptors (Lipinski definition) is 7. The summed E-state index contributed by atoms with van der Waals surface area (Å²) in [5.41, 5.74) is 4.25. The SMILES string of the molecule is CCOc1cc(C=NNC(=O)c2cc3cc([N+](=O)[O-])ccc3s2)ccc1OCc1ccccc1. The van der Waals surface area contributed by atoms with Crippen molar-refractivity contribution >= 4 is 39.2 Å². The number of nitro groups is 1. The Kier molecular flexibility index (Phi) is 7.14. The van der Waals surface area contributed by atoms with E-state index in [1.165, 1.54) is 29.7 Å². The van der Waals surface area contributed by atoms with Crippen molar-refractivity contribution in [3.8, 4) is 11.5 Å². The van der Waals surface area contributed by atoms with Crippen LogP contribution in [0.25, 0.3) is 10.1 Å². The standard InChI is InChI=1S/C25H21N3O5S/c1-2-32-22-12-18(8-10-21(22)33-16-17-6-4-3-5-7-17)15-26-27-25(29)24-14-19-13-20(28(30)31)9-11-23(19)34-24/h3-15H,2,16H2,1H3,(H,27,29). The number of fused-ring (bicyclic) bond motifs is 1. The zero-order chi connectivity index (χ0) is 23.9. The van der Waals surface area contributed by atoms with Gasteiger partial charge >= 0.3 is 0 Å². The fraction of sp³-hybridized carbons (Fsp3) is 0.120. The number of non-ortho nitro benzene ring substituents is 1. The summed E-state index contributed by atoms with van der Waals surface area (Å²) >= 11 is 1.24. The molecule has 0 saturated carbocycles. The summed E-state index contributed by atoms with van der Waals surface area (Å²) in [4.78, 5) is 23.4. The van der Waals surface area contributed by atoms with E-state index in [2.05, 4.69) is 10.5 Å². The van der Waals surface area contributed by atoms with E-state index in [0.29, 0.717) is 35.0 Å². The molecule has 0 saturated heterocycles. The Morgan fingerprint density at radius 1 is 1.06 bits per heavy atom. The number of nitro benzene ring substituents is 1. The van der Waals surface area contributed by atoms with Gasteiger partial charge in [-0.3, -0.25) is 14.9 Å².